The van der Waals surface area contributed by atoms with Gasteiger partial charge in [0.15, 0.2) is 5.75 Å². The first kappa shape index (κ1) is 22.2. The van der Waals surface area contributed by atoms with E-state index in [1.54, 1.807) is 36.4 Å². The van der Waals surface area contributed by atoms with Crippen molar-refractivity contribution in [3.63, 3.8) is 0 Å². The van der Waals surface area contributed by atoms with E-state index < -0.39 is 0 Å². The summed E-state index contributed by atoms with van der Waals surface area (Å²) in [7, 11) is 0. The molecule has 0 spiro atoms. The third-order valence-electron chi connectivity index (χ3n) is 5.12. The smallest absolute Gasteiger partial charge is 0.255 e. The van der Waals surface area contributed by atoms with Gasteiger partial charge in [-0.2, -0.15) is 0 Å². The minimum Gasteiger partial charge on any atom is -0.455 e. The van der Waals surface area contributed by atoms with Gasteiger partial charge in [0.25, 0.3) is 5.91 Å². The van der Waals surface area contributed by atoms with Gasteiger partial charge in [-0.1, -0.05) is 48.5 Å². The van der Waals surface area contributed by atoms with Crippen LogP contribution in [0.3, 0.4) is 0 Å². The largest absolute Gasteiger partial charge is 0.455 e. The third-order valence-corrected chi connectivity index (χ3v) is 5.51. The monoisotopic (exact) mass is 453 g/mol. The first-order valence-corrected chi connectivity index (χ1v) is 10.8. The zero-order chi connectivity index (χ0) is 23.4. The van der Waals surface area contributed by atoms with Gasteiger partial charge in [0.05, 0.1) is 5.69 Å². The maximum absolute atomic E-state index is 12.9. The summed E-state index contributed by atoms with van der Waals surface area (Å²) in [5.41, 5.74) is 10.2. The summed E-state index contributed by atoms with van der Waals surface area (Å²) in [6, 6.07) is 27.7. The molecule has 0 aliphatic heterocycles. The number of aryl methyl sites for hydroxylation is 1. The summed E-state index contributed by atoms with van der Waals surface area (Å²) in [5, 5.41) is 10.6. The summed E-state index contributed by atoms with van der Waals surface area (Å²) in [4.78, 5) is 13.8. The Hall–Kier alpha value is -4.03. The number of anilines is 1. The number of nitrogen functional groups attached to an aromatic ring is 1. The van der Waals surface area contributed by atoms with Gasteiger partial charge in [0, 0.05) is 16.0 Å². The molecule has 164 valence electrons. The molecule has 0 aromatic heterocycles. The Morgan fingerprint density at radius 3 is 2.39 bits per heavy atom. The van der Waals surface area contributed by atoms with Crippen molar-refractivity contribution in [2.24, 2.45) is 5.73 Å². The molecular formula is C27H23N3O2S. The number of ether oxygens (including phenoxy) is 1. The SMILES string of the molecule is Cc1ccc(NC(=O)c2ccc(-c3ccccc3S)cc2)c(Oc2cccc(C(=N)N)c2)c1. The Labute approximate surface area is 198 Å². The van der Waals surface area contributed by atoms with Crippen molar-refractivity contribution in [3.8, 4) is 22.6 Å². The van der Waals surface area contributed by atoms with Crippen LogP contribution in [0.4, 0.5) is 5.69 Å². The van der Waals surface area contributed by atoms with E-state index in [0.29, 0.717) is 28.3 Å². The molecule has 5 nitrogen and oxygen atoms in total. The number of hydrogen-bond donors (Lipinski definition) is 4. The molecule has 0 aliphatic carbocycles. The van der Waals surface area contributed by atoms with E-state index in [2.05, 4.69) is 17.9 Å². The van der Waals surface area contributed by atoms with Crippen molar-refractivity contribution in [1.29, 1.82) is 5.41 Å². The number of rotatable bonds is 6. The number of nitrogens with two attached hydrogens (primary N) is 1. The fraction of sp³-hybridized carbons (Fsp3) is 0.0370. The van der Waals surface area contributed by atoms with E-state index in [1.807, 2.05) is 61.5 Å². The maximum Gasteiger partial charge on any atom is 0.255 e. The molecule has 4 rings (SSSR count). The molecule has 0 saturated heterocycles. The van der Waals surface area contributed by atoms with Crippen molar-refractivity contribution < 1.29 is 9.53 Å². The summed E-state index contributed by atoms with van der Waals surface area (Å²) in [6.45, 7) is 1.95. The molecule has 0 radical (unpaired) electrons. The molecule has 4 aromatic carbocycles. The van der Waals surface area contributed by atoms with Crippen LogP contribution in [0, 0.1) is 12.3 Å². The van der Waals surface area contributed by atoms with Gasteiger partial charge in [-0.3, -0.25) is 10.2 Å². The zero-order valence-electron chi connectivity index (χ0n) is 18.0. The van der Waals surface area contributed by atoms with Crippen LogP contribution in [0.15, 0.2) is 95.9 Å². The second-order valence-corrected chi connectivity index (χ2v) is 8.07. The molecule has 4 aromatic rings. The van der Waals surface area contributed by atoms with Crippen molar-refractivity contribution in [2.45, 2.75) is 11.8 Å². The Morgan fingerprint density at radius 1 is 0.909 bits per heavy atom. The number of nitrogens with one attached hydrogen (secondary N) is 2. The molecule has 6 heteroatoms. The number of amides is 1. The minimum absolute atomic E-state index is 0.0396. The Balaban J connectivity index is 1.55. The van der Waals surface area contributed by atoms with Gasteiger partial charge in [0.1, 0.15) is 11.6 Å². The van der Waals surface area contributed by atoms with Gasteiger partial charge in [-0.05, 0) is 66.1 Å². The van der Waals surface area contributed by atoms with Crippen LogP contribution in [0.2, 0.25) is 0 Å². The first-order chi connectivity index (χ1) is 15.9. The topological polar surface area (TPSA) is 88.2 Å². The lowest BCUT2D eigenvalue weighted by molar-refractivity contribution is 0.102. The van der Waals surface area contributed by atoms with Crippen molar-refractivity contribution in [1.82, 2.24) is 0 Å². The van der Waals surface area contributed by atoms with Crippen molar-refractivity contribution >= 4 is 30.1 Å². The van der Waals surface area contributed by atoms with Crippen LogP contribution in [0.25, 0.3) is 11.1 Å². The average molecular weight is 454 g/mol. The normalized spacial score (nSPS) is 10.5. The number of hydrogen-bond acceptors (Lipinski definition) is 4. The number of amidine groups is 1. The fourth-order valence-electron chi connectivity index (χ4n) is 3.38. The molecule has 0 aliphatic rings. The summed E-state index contributed by atoms with van der Waals surface area (Å²) in [6.07, 6.45) is 0. The Morgan fingerprint density at radius 2 is 1.67 bits per heavy atom. The summed E-state index contributed by atoms with van der Waals surface area (Å²) < 4.78 is 6.03. The first-order valence-electron chi connectivity index (χ1n) is 10.3. The molecular weight excluding hydrogens is 430 g/mol. The number of carbonyl (C=O) groups excluding carboxylic acids is 1. The molecule has 33 heavy (non-hydrogen) atoms. The highest BCUT2D eigenvalue weighted by Crippen LogP contribution is 2.32. The van der Waals surface area contributed by atoms with E-state index in [9.17, 15) is 4.79 Å². The molecule has 0 bridgehead atoms. The molecule has 0 unspecified atom stereocenters. The molecule has 0 saturated carbocycles. The zero-order valence-corrected chi connectivity index (χ0v) is 18.9. The van der Waals surface area contributed by atoms with Gasteiger partial charge in [-0.25, -0.2) is 0 Å². The van der Waals surface area contributed by atoms with Crippen molar-refractivity contribution in [2.75, 3.05) is 5.32 Å². The predicted molar refractivity (Wildman–Crippen MR) is 136 cm³/mol. The average Bonchev–Trinajstić information content (AvgIpc) is 2.81. The van der Waals surface area contributed by atoms with Gasteiger partial charge in [-0.15, -0.1) is 12.6 Å². The van der Waals surface area contributed by atoms with Crippen LogP contribution < -0.4 is 15.8 Å². The van der Waals surface area contributed by atoms with Crippen LogP contribution in [-0.2, 0) is 0 Å². The molecule has 4 N–H and O–H groups in total. The Kier molecular flexibility index (Phi) is 6.47. The molecule has 0 heterocycles. The fourth-order valence-corrected chi connectivity index (χ4v) is 3.67. The molecule has 1 amide bonds. The highest BCUT2D eigenvalue weighted by atomic mass is 32.1. The lowest BCUT2D eigenvalue weighted by Gasteiger charge is -2.14. The van der Waals surface area contributed by atoms with Crippen LogP contribution >= 0.6 is 12.6 Å². The van der Waals surface area contributed by atoms with Crippen LogP contribution in [-0.4, -0.2) is 11.7 Å². The quantitative estimate of drug-likeness (QED) is 0.157. The van der Waals surface area contributed by atoms with Gasteiger partial charge in [0.2, 0.25) is 0 Å². The van der Waals surface area contributed by atoms with Gasteiger partial charge >= 0.3 is 0 Å². The highest BCUT2D eigenvalue weighted by Gasteiger charge is 2.12. The minimum atomic E-state index is -0.244. The second-order valence-electron chi connectivity index (χ2n) is 7.59. The lowest BCUT2D eigenvalue weighted by atomic mass is 10.0. The van der Waals surface area contributed by atoms with Crippen LogP contribution in [0.5, 0.6) is 11.5 Å². The predicted octanol–water partition coefficient (Wildman–Crippen LogP) is 6.28. The van der Waals surface area contributed by atoms with E-state index in [0.717, 1.165) is 21.6 Å². The Bertz CT molecular complexity index is 1330. The molecule has 0 fully saturated rings. The van der Waals surface area contributed by atoms with Crippen LogP contribution in [0.1, 0.15) is 21.5 Å². The summed E-state index contributed by atoms with van der Waals surface area (Å²) in [5.74, 6) is 0.748. The number of thiol groups is 1. The second kappa shape index (κ2) is 9.63. The van der Waals surface area contributed by atoms with E-state index in [4.69, 9.17) is 15.9 Å². The third kappa shape index (κ3) is 5.25. The lowest BCUT2D eigenvalue weighted by Crippen LogP contribution is -2.13. The maximum atomic E-state index is 12.9. The number of benzene rings is 4. The van der Waals surface area contributed by atoms with E-state index >= 15 is 0 Å². The van der Waals surface area contributed by atoms with Gasteiger partial charge < -0.3 is 15.8 Å². The van der Waals surface area contributed by atoms with Crippen molar-refractivity contribution in [3.05, 3.63) is 108 Å². The highest BCUT2D eigenvalue weighted by molar-refractivity contribution is 7.80. The van der Waals surface area contributed by atoms with E-state index in [1.165, 1.54) is 0 Å². The summed E-state index contributed by atoms with van der Waals surface area (Å²) >= 11 is 4.51. The number of carbonyl (C=O) groups is 1. The van der Waals surface area contributed by atoms with E-state index in [-0.39, 0.29) is 11.7 Å². The standard InChI is InChI=1S/C27H23N3O2S/c1-17-9-14-23(24(15-17)32-21-6-4-5-20(16-21)26(28)29)30-27(31)19-12-10-18(11-13-19)22-7-2-3-8-25(22)33/h2-16,33H,1H3,(H3,28,29)(H,30,31). The molecule has 0 atom stereocenters.